The Bertz CT molecular complexity index is 387. The topological polar surface area (TPSA) is 84.2 Å². The number of aryl methyl sites for hydroxylation is 1. The molecule has 2 N–H and O–H groups in total. The van der Waals surface area contributed by atoms with Crippen LogP contribution in [0.2, 0.25) is 0 Å². The summed E-state index contributed by atoms with van der Waals surface area (Å²) in [7, 11) is 0. The Morgan fingerprint density at radius 3 is 2.88 bits per heavy atom. The number of aromatic nitrogens is 2. The van der Waals surface area contributed by atoms with E-state index in [0.717, 1.165) is 12.8 Å². The average molecular weight is 239 g/mol. The molecule has 0 aliphatic heterocycles. The summed E-state index contributed by atoms with van der Waals surface area (Å²) in [6.45, 7) is 3.14. The normalized spacial score (nSPS) is 10.2. The van der Waals surface area contributed by atoms with Gasteiger partial charge in [-0.05, 0) is 12.5 Å². The molecule has 94 valence electrons. The zero-order valence-corrected chi connectivity index (χ0v) is 9.85. The predicted molar refractivity (Wildman–Crippen MR) is 61.7 cm³/mol. The Labute approximate surface area is 99.6 Å². The minimum atomic E-state index is -1.06. The monoisotopic (exact) mass is 239 g/mol. The lowest BCUT2D eigenvalue weighted by atomic mass is 10.3. The van der Waals surface area contributed by atoms with Gasteiger partial charge in [0.05, 0.1) is 0 Å². The Morgan fingerprint density at radius 2 is 2.29 bits per heavy atom. The van der Waals surface area contributed by atoms with Crippen molar-refractivity contribution in [3.8, 4) is 0 Å². The second kappa shape index (κ2) is 6.67. The smallest absolute Gasteiger partial charge is 0.356 e. The van der Waals surface area contributed by atoms with Gasteiger partial charge in [0, 0.05) is 25.7 Å². The summed E-state index contributed by atoms with van der Waals surface area (Å²) >= 11 is 0. The Kier molecular flexibility index (Phi) is 5.19. The zero-order chi connectivity index (χ0) is 12.7. The molecule has 1 aromatic rings. The third kappa shape index (κ3) is 4.67. The number of hydrogen-bond donors (Lipinski definition) is 2. The number of hydrogen-bond acceptors (Lipinski definition) is 3. The van der Waals surface area contributed by atoms with Crippen LogP contribution in [0.5, 0.6) is 0 Å². The number of carbonyl (C=O) groups excluding carboxylic acids is 1. The van der Waals surface area contributed by atoms with Crippen LogP contribution in [0.1, 0.15) is 36.7 Å². The molecule has 17 heavy (non-hydrogen) atoms. The SMILES string of the molecule is CCCCNC(=O)CCn1ccc(C(=O)O)n1. The lowest BCUT2D eigenvalue weighted by molar-refractivity contribution is -0.121. The van der Waals surface area contributed by atoms with Crippen molar-refractivity contribution in [3.05, 3.63) is 18.0 Å². The summed E-state index contributed by atoms with van der Waals surface area (Å²) in [4.78, 5) is 21.9. The van der Waals surface area contributed by atoms with E-state index in [-0.39, 0.29) is 11.6 Å². The Hall–Kier alpha value is -1.85. The summed E-state index contributed by atoms with van der Waals surface area (Å²) in [5, 5.41) is 15.3. The standard InChI is InChI=1S/C11H17N3O3/c1-2-3-6-12-10(15)5-8-14-7-4-9(13-14)11(16)17/h4,7H,2-3,5-6,8H2,1H3,(H,12,15)(H,16,17). The van der Waals surface area contributed by atoms with Gasteiger partial charge in [-0.15, -0.1) is 0 Å². The number of unbranched alkanes of at least 4 members (excludes halogenated alkanes) is 1. The molecule has 0 bridgehead atoms. The minimum Gasteiger partial charge on any atom is -0.476 e. The van der Waals surface area contributed by atoms with Gasteiger partial charge in [-0.3, -0.25) is 9.48 Å². The molecule has 0 aliphatic carbocycles. The van der Waals surface area contributed by atoms with Gasteiger partial charge < -0.3 is 10.4 Å². The fourth-order valence-corrected chi connectivity index (χ4v) is 1.31. The van der Waals surface area contributed by atoms with E-state index >= 15 is 0 Å². The number of carbonyl (C=O) groups is 2. The fraction of sp³-hybridized carbons (Fsp3) is 0.545. The van der Waals surface area contributed by atoms with Crippen LogP contribution in [0.4, 0.5) is 0 Å². The maximum Gasteiger partial charge on any atom is 0.356 e. The molecular formula is C11H17N3O3. The highest BCUT2D eigenvalue weighted by Crippen LogP contribution is 1.97. The van der Waals surface area contributed by atoms with Crippen molar-refractivity contribution in [2.45, 2.75) is 32.7 Å². The molecule has 0 saturated heterocycles. The van der Waals surface area contributed by atoms with Gasteiger partial charge in [0.25, 0.3) is 0 Å². The van der Waals surface area contributed by atoms with E-state index in [9.17, 15) is 9.59 Å². The van der Waals surface area contributed by atoms with Crippen molar-refractivity contribution in [2.24, 2.45) is 0 Å². The number of rotatable bonds is 7. The molecular weight excluding hydrogens is 222 g/mol. The van der Waals surface area contributed by atoms with Crippen molar-refractivity contribution in [1.82, 2.24) is 15.1 Å². The number of amides is 1. The fourth-order valence-electron chi connectivity index (χ4n) is 1.31. The van der Waals surface area contributed by atoms with E-state index in [1.807, 2.05) is 0 Å². The van der Waals surface area contributed by atoms with Crippen molar-refractivity contribution < 1.29 is 14.7 Å². The van der Waals surface area contributed by atoms with Crippen molar-refractivity contribution in [2.75, 3.05) is 6.54 Å². The third-order valence-corrected chi connectivity index (χ3v) is 2.28. The molecule has 1 rings (SSSR count). The number of aromatic carboxylic acids is 1. The Balaban J connectivity index is 2.29. The van der Waals surface area contributed by atoms with Crippen LogP contribution in [-0.2, 0) is 11.3 Å². The zero-order valence-electron chi connectivity index (χ0n) is 9.85. The highest BCUT2D eigenvalue weighted by molar-refractivity contribution is 5.85. The van der Waals surface area contributed by atoms with Crippen molar-refractivity contribution in [1.29, 1.82) is 0 Å². The lowest BCUT2D eigenvalue weighted by Gasteiger charge is -2.04. The Morgan fingerprint density at radius 1 is 1.53 bits per heavy atom. The van der Waals surface area contributed by atoms with E-state index < -0.39 is 5.97 Å². The molecule has 6 nitrogen and oxygen atoms in total. The number of carboxylic acid groups (broad SMARTS) is 1. The molecule has 0 unspecified atom stereocenters. The molecule has 6 heteroatoms. The lowest BCUT2D eigenvalue weighted by Crippen LogP contribution is -2.25. The first-order valence-electron chi connectivity index (χ1n) is 5.67. The molecule has 0 spiro atoms. The van der Waals surface area contributed by atoms with Gasteiger partial charge in [-0.25, -0.2) is 4.79 Å². The summed E-state index contributed by atoms with van der Waals surface area (Å²) in [6.07, 6.45) is 3.88. The van der Waals surface area contributed by atoms with Crippen molar-refractivity contribution >= 4 is 11.9 Å². The van der Waals surface area contributed by atoms with Crippen LogP contribution in [-0.4, -0.2) is 33.3 Å². The quantitative estimate of drug-likeness (QED) is 0.692. The molecule has 1 aromatic heterocycles. The number of nitrogens with one attached hydrogen (secondary N) is 1. The highest BCUT2D eigenvalue weighted by atomic mass is 16.4. The molecule has 0 aliphatic rings. The minimum absolute atomic E-state index is 0.00334. The van der Waals surface area contributed by atoms with E-state index in [0.29, 0.717) is 19.5 Å². The maximum absolute atomic E-state index is 11.4. The van der Waals surface area contributed by atoms with E-state index in [4.69, 9.17) is 5.11 Å². The van der Waals surface area contributed by atoms with Crippen molar-refractivity contribution in [3.63, 3.8) is 0 Å². The first kappa shape index (κ1) is 13.2. The molecule has 0 atom stereocenters. The van der Waals surface area contributed by atoms with Crippen LogP contribution < -0.4 is 5.32 Å². The van der Waals surface area contributed by atoms with Gasteiger partial charge in [0.2, 0.25) is 5.91 Å². The highest BCUT2D eigenvalue weighted by Gasteiger charge is 2.07. The maximum atomic E-state index is 11.4. The van der Waals surface area contributed by atoms with Crippen LogP contribution in [0.25, 0.3) is 0 Å². The summed E-state index contributed by atoms with van der Waals surface area (Å²) in [6, 6.07) is 1.41. The van der Waals surface area contributed by atoms with Gasteiger partial charge in [-0.1, -0.05) is 13.3 Å². The average Bonchev–Trinajstić information content (AvgIpc) is 2.75. The molecule has 1 heterocycles. The number of carboxylic acids is 1. The van der Waals surface area contributed by atoms with Crippen LogP contribution in [0.3, 0.4) is 0 Å². The van der Waals surface area contributed by atoms with Gasteiger partial charge >= 0.3 is 5.97 Å². The van der Waals surface area contributed by atoms with Crippen LogP contribution in [0.15, 0.2) is 12.3 Å². The van der Waals surface area contributed by atoms with E-state index in [2.05, 4.69) is 17.3 Å². The first-order valence-corrected chi connectivity index (χ1v) is 5.67. The summed E-state index contributed by atoms with van der Waals surface area (Å²) < 4.78 is 1.46. The molecule has 0 fully saturated rings. The predicted octanol–water partition coefficient (Wildman–Crippen LogP) is 0.888. The molecule has 0 radical (unpaired) electrons. The first-order chi connectivity index (χ1) is 8.13. The molecule has 0 aromatic carbocycles. The molecule has 1 amide bonds. The third-order valence-electron chi connectivity index (χ3n) is 2.28. The van der Waals surface area contributed by atoms with E-state index in [1.54, 1.807) is 6.20 Å². The second-order valence-electron chi connectivity index (χ2n) is 3.72. The molecule has 0 saturated carbocycles. The van der Waals surface area contributed by atoms with Gasteiger partial charge in [-0.2, -0.15) is 5.10 Å². The summed E-state index contributed by atoms with van der Waals surface area (Å²) in [5.41, 5.74) is -0.00334. The second-order valence-corrected chi connectivity index (χ2v) is 3.72. The van der Waals surface area contributed by atoms with Crippen LogP contribution >= 0.6 is 0 Å². The summed E-state index contributed by atoms with van der Waals surface area (Å²) in [5.74, 6) is -1.10. The van der Waals surface area contributed by atoms with Crippen LogP contribution in [0, 0.1) is 0 Å². The van der Waals surface area contributed by atoms with Gasteiger partial charge in [0.1, 0.15) is 0 Å². The van der Waals surface area contributed by atoms with E-state index in [1.165, 1.54) is 10.7 Å². The van der Waals surface area contributed by atoms with Gasteiger partial charge in [0.15, 0.2) is 5.69 Å². The largest absolute Gasteiger partial charge is 0.476 e. The number of nitrogens with zero attached hydrogens (tertiary/aromatic N) is 2.